The second-order valence-electron chi connectivity index (χ2n) is 7.13. The molecule has 0 spiro atoms. The number of rotatable bonds is 9. The molecule has 8 heteroatoms. The van der Waals surface area contributed by atoms with Crippen LogP contribution in [0.25, 0.3) is 17.1 Å². The van der Waals surface area contributed by atoms with Gasteiger partial charge in [-0.2, -0.15) is 0 Å². The first-order valence-corrected chi connectivity index (χ1v) is 11.9. The van der Waals surface area contributed by atoms with Gasteiger partial charge >= 0.3 is 0 Å². The summed E-state index contributed by atoms with van der Waals surface area (Å²) in [6.45, 7) is 3.03. The molecule has 1 N–H and O–H groups in total. The fraction of sp³-hybridized carbons (Fsp3) is 0.160. The van der Waals surface area contributed by atoms with Crippen LogP contribution in [0.3, 0.4) is 0 Å². The quantitative estimate of drug-likeness (QED) is 0.326. The highest BCUT2D eigenvalue weighted by Crippen LogP contribution is 2.29. The Kier molecular flexibility index (Phi) is 7.65. The SMILES string of the molecule is CCOc1ccc(-n2c(SCC(=O)NCc3ccccc3)nnc2-c2ccc(Cl)cc2)cc1. The van der Waals surface area contributed by atoms with Crippen molar-refractivity contribution < 1.29 is 9.53 Å². The van der Waals surface area contributed by atoms with E-state index in [4.69, 9.17) is 16.3 Å². The van der Waals surface area contributed by atoms with Crippen molar-refractivity contribution in [1.82, 2.24) is 20.1 Å². The first-order valence-electron chi connectivity index (χ1n) is 10.5. The summed E-state index contributed by atoms with van der Waals surface area (Å²) in [5.74, 6) is 1.61. The number of hydrogen-bond acceptors (Lipinski definition) is 5. The van der Waals surface area contributed by atoms with E-state index in [1.807, 2.05) is 90.4 Å². The maximum Gasteiger partial charge on any atom is 0.230 e. The maximum atomic E-state index is 12.4. The van der Waals surface area contributed by atoms with E-state index in [1.54, 1.807) is 0 Å². The van der Waals surface area contributed by atoms with Gasteiger partial charge in [-0.05, 0) is 61.0 Å². The molecular weight excluding hydrogens is 456 g/mol. The average molecular weight is 479 g/mol. The lowest BCUT2D eigenvalue weighted by Crippen LogP contribution is -2.24. The number of benzene rings is 3. The van der Waals surface area contributed by atoms with Crippen LogP contribution in [0.15, 0.2) is 84.0 Å². The highest BCUT2D eigenvalue weighted by atomic mass is 35.5. The lowest BCUT2D eigenvalue weighted by Gasteiger charge is -2.12. The number of amides is 1. The number of carbonyl (C=O) groups is 1. The summed E-state index contributed by atoms with van der Waals surface area (Å²) >= 11 is 7.40. The molecule has 0 atom stereocenters. The van der Waals surface area contributed by atoms with E-state index in [1.165, 1.54) is 11.8 Å². The summed E-state index contributed by atoms with van der Waals surface area (Å²) in [4.78, 5) is 12.4. The van der Waals surface area contributed by atoms with Gasteiger partial charge in [0.1, 0.15) is 5.75 Å². The van der Waals surface area contributed by atoms with Crippen LogP contribution in [0, 0.1) is 0 Å². The Balaban J connectivity index is 1.55. The van der Waals surface area contributed by atoms with Gasteiger partial charge in [-0.1, -0.05) is 53.7 Å². The topological polar surface area (TPSA) is 69.0 Å². The second-order valence-corrected chi connectivity index (χ2v) is 8.51. The molecule has 0 saturated heterocycles. The monoisotopic (exact) mass is 478 g/mol. The number of thioether (sulfide) groups is 1. The number of hydrogen-bond donors (Lipinski definition) is 1. The third kappa shape index (κ3) is 5.94. The minimum atomic E-state index is -0.0712. The van der Waals surface area contributed by atoms with E-state index in [9.17, 15) is 4.79 Å². The van der Waals surface area contributed by atoms with Crippen molar-refractivity contribution in [3.05, 3.63) is 89.4 Å². The van der Waals surface area contributed by atoms with E-state index >= 15 is 0 Å². The summed E-state index contributed by atoms with van der Waals surface area (Å²) in [6.07, 6.45) is 0. The molecule has 4 rings (SSSR count). The molecule has 0 radical (unpaired) electrons. The van der Waals surface area contributed by atoms with Gasteiger partial charge in [0.2, 0.25) is 5.91 Å². The molecule has 6 nitrogen and oxygen atoms in total. The highest BCUT2D eigenvalue weighted by Gasteiger charge is 2.17. The molecule has 0 aliphatic heterocycles. The van der Waals surface area contributed by atoms with Gasteiger partial charge in [-0.15, -0.1) is 10.2 Å². The maximum absolute atomic E-state index is 12.4. The number of aromatic nitrogens is 3. The zero-order chi connectivity index (χ0) is 23.0. The molecule has 33 heavy (non-hydrogen) atoms. The Hall–Kier alpha value is -3.29. The van der Waals surface area contributed by atoms with Crippen LogP contribution in [0.1, 0.15) is 12.5 Å². The van der Waals surface area contributed by atoms with Crippen molar-refractivity contribution in [3.8, 4) is 22.8 Å². The Morgan fingerprint density at radius 3 is 2.42 bits per heavy atom. The normalized spacial score (nSPS) is 10.7. The molecule has 1 aromatic heterocycles. The Morgan fingerprint density at radius 2 is 1.73 bits per heavy atom. The summed E-state index contributed by atoms with van der Waals surface area (Å²) in [7, 11) is 0. The van der Waals surface area contributed by atoms with E-state index in [2.05, 4.69) is 15.5 Å². The molecule has 1 heterocycles. The lowest BCUT2D eigenvalue weighted by molar-refractivity contribution is -0.118. The first-order chi connectivity index (χ1) is 16.1. The number of ether oxygens (including phenoxy) is 1. The van der Waals surface area contributed by atoms with Crippen LogP contribution in [-0.4, -0.2) is 33.0 Å². The van der Waals surface area contributed by atoms with Crippen molar-refractivity contribution in [2.24, 2.45) is 0 Å². The second kappa shape index (κ2) is 11.0. The molecule has 0 fully saturated rings. The first kappa shape index (κ1) is 22.9. The molecule has 3 aromatic carbocycles. The fourth-order valence-corrected chi connectivity index (χ4v) is 4.13. The summed E-state index contributed by atoms with van der Waals surface area (Å²) in [6, 6.07) is 25.0. The van der Waals surface area contributed by atoms with E-state index in [0.717, 1.165) is 22.6 Å². The zero-order valence-electron chi connectivity index (χ0n) is 18.1. The summed E-state index contributed by atoms with van der Waals surface area (Å²) < 4.78 is 7.50. The van der Waals surface area contributed by atoms with Crippen molar-refractivity contribution in [2.75, 3.05) is 12.4 Å². The van der Waals surface area contributed by atoms with Crippen LogP contribution < -0.4 is 10.1 Å². The number of carbonyl (C=O) groups excluding carboxylic acids is 1. The van der Waals surface area contributed by atoms with Crippen LogP contribution in [0.5, 0.6) is 5.75 Å². The van der Waals surface area contributed by atoms with Crippen LogP contribution in [0.4, 0.5) is 0 Å². The number of nitrogens with zero attached hydrogens (tertiary/aromatic N) is 3. The fourth-order valence-electron chi connectivity index (χ4n) is 3.22. The third-order valence-electron chi connectivity index (χ3n) is 4.81. The molecule has 0 bridgehead atoms. The predicted octanol–water partition coefficient (Wildman–Crippen LogP) is 5.39. The molecule has 0 unspecified atom stereocenters. The van der Waals surface area contributed by atoms with Crippen molar-refractivity contribution in [3.63, 3.8) is 0 Å². The molecule has 0 aliphatic rings. The Morgan fingerprint density at radius 1 is 1.00 bits per heavy atom. The van der Waals surface area contributed by atoms with Gasteiger partial charge in [0.25, 0.3) is 0 Å². The van der Waals surface area contributed by atoms with Gasteiger partial charge in [-0.3, -0.25) is 9.36 Å². The molecule has 1 amide bonds. The van der Waals surface area contributed by atoms with Crippen molar-refractivity contribution in [2.45, 2.75) is 18.6 Å². The van der Waals surface area contributed by atoms with Gasteiger partial charge in [0.15, 0.2) is 11.0 Å². The Bertz CT molecular complexity index is 1200. The Labute approximate surface area is 202 Å². The largest absolute Gasteiger partial charge is 0.494 e. The van der Waals surface area contributed by atoms with Crippen LogP contribution in [-0.2, 0) is 11.3 Å². The molecule has 0 aliphatic carbocycles. The third-order valence-corrected chi connectivity index (χ3v) is 5.99. The molecular formula is C25H23ClN4O2S. The average Bonchev–Trinajstić information content (AvgIpc) is 3.27. The standard InChI is InChI=1S/C25H23ClN4O2S/c1-2-32-22-14-12-21(13-15-22)30-24(19-8-10-20(26)11-9-19)28-29-25(30)33-17-23(31)27-16-18-6-4-3-5-7-18/h3-15H,2,16-17H2,1H3,(H,27,31). The van der Waals surface area contributed by atoms with Crippen LogP contribution >= 0.6 is 23.4 Å². The van der Waals surface area contributed by atoms with Crippen molar-refractivity contribution in [1.29, 1.82) is 0 Å². The lowest BCUT2D eigenvalue weighted by atomic mass is 10.2. The van der Waals surface area contributed by atoms with E-state index in [0.29, 0.717) is 29.2 Å². The predicted molar refractivity (Wildman–Crippen MR) is 132 cm³/mol. The highest BCUT2D eigenvalue weighted by molar-refractivity contribution is 7.99. The molecule has 4 aromatic rings. The summed E-state index contributed by atoms with van der Waals surface area (Å²) in [5, 5.41) is 13.0. The smallest absolute Gasteiger partial charge is 0.230 e. The van der Waals surface area contributed by atoms with Gasteiger partial charge in [0, 0.05) is 22.8 Å². The van der Waals surface area contributed by atoms with E-state index in [-0.39, 0.29) is 11.7 Å². The minimum absolute atomic E-state index is 0.0712. The molecule has 0 saturated carbocycles. The van der Waals surface area contributed by atoms with Gasteiger partial charge in [-0.25, -0.2) is 0 Å². The van der Waals surface area contributed by atoms with E-state index < -0.39 is 0 Å². The van der Waals surface area contributed by atoms with Gasteiger partial charge < -0.3 is 10.1 Å². The van der Waals surface area contributed by atoms with Crippen LogP contribution in [0.2, 0.25) is 5.02 Å². The molecule has 168 valence electrons. The number of halogens is 1. The van der Waals surface area contributed by atoms with Crippen molar-refractivity contribution >= 4 is 29.3 Å². The zero-order valence-corrected chi connectivity index (χ0v) is 19.6. The summed E-state index contributed by atoms with van der Waals surface area (Å²) in [5.41, 5.74) is 2.81. The number of nitrogens with one attached hydrogen (secondary N) is 1. The minimum Gasteiger partial charge on any atom is -0.494 e. The van der Waals surface area contributed by atoms with Gasteiger partial charge in [0.05, 0.1) is 12.4 Å².